The Kier molecular flexibility index (Phi) is 1.81. The van der Waals surface area contributed by atoms with Gasteiger partial charge in [-0.25, -0.2) is 0 Å². The van der Waals surface area contributed by atoms with E-state index in [4.69, 9.17) is 0 Å². The van der Waals surface area contributed by atoms with Gasteiger partial charge in [0.15, 0.2) is 0 Å². The highest BCUT2D eigenvalue weighted by molar-refractivity contribution is 5.08. The van der Waals surface area contributed by atoms with Gasteiger partial charge in [-0.2, -0.15) is 0 Å². The van der Waals surface area contributed by atoms with Crippen LogP contribution < -0.4 is 0 Å². The first-order valence-corrected chi connectivity index (χ1v) is 5.75. The Balaban J connectivity index is 1.78. The summed E-state index contributed by atoms with van der Waals surface area (Å²) in [5.74, 6) is 4.03. The van der Waals surface area contributed by atoms with Gasteiger partial charge in [0.25, 0.3) is 0 Å². The minimum atomic E-state index is 0.952. The third-order valence-corrected chi connectivity index (χ3v) is 4.32. The smallest absolute Gasteiger partial charge is 0.0199 e. The van der Waals surface area contributed by atoms with Crippen LogP contribution in [-0.4, -0.2) is 0 Å². The van der Waals surface area contributed by atoms with E-state index >= 15 is 0 Å². The summed E-state index contributed by atoms with van der Waals surface area (Å²) in [4.78, 5) is 0. The summed E-state index contributed by atoms with van der Waals surface area (Å²) in [6.07, 6.45) is 16.8. The zero-order valence-electron chi connectivity index (χ0n) is 8.15. The molecule has 0 nitrogen and oxygen atoms in total. The fourth-order valence-corrected chi connectivity index (χ4v) is 3.54. The van der Waals surface area contributed by atoms with E-state index in [1.165, 1.54) is 32.1 Å². The van der Waals surface area contributed by atoms with E-state index < -0.39 is 0 Å². The van der Waals surface area contributed by atoms with Crippen molar-refractivity contribution in [3.05, 3.63) is 24.3 Å². The van der Waals surface area contributed by atoms with Gasteiger partial charge in [-0.05, 0) is 55.8 Å². The summed E-state index contributed by atoms with van der Waals surface area (Å²) in [5.41, 5.74) is 0. The maximum absolute atomic E-state index is 2.49. The maximum Gasteiger partial charge on any atom is -0.0199 e. The van der Waals surface area contributed by atoms with Gasteiger partial charge in [-0.3, -0.25) is 0 Å². The van der Waals surface area contributed by atoms with Crippen LogP contribution in [0.3, 0.4) is 0 Å². The fraction of sp³-hybridized carbons (Fsp3) is 0.692. The van der Waals surface area contributed by atoms with Crippen molar-refractivity contribution in [1.82, 2.24) is 0 Å². The average molecular weight is 174 g/mol. The van der Waals surface area contributed by atoms with Crippen molar-refractivity contribution in [1.29, 1.82) is 0 Å². The molecule has 0 amide bonds. The summed E-state index contributed by atoms with van der Waals surface area (Å²) < 4.78 is 0. The van der Waals surface area contributed by atoms with E-state index in [0.717, 1.165) is 23.7 Å². The molecule has 3 aliphatic carbocycles. The summed E-state index contributed by atoms with van der Waals surface area (Å²) in [6.45, 7) is 0. The quantitative estimate of drug-likeness (QED) is 0.493. The van der Waals surface area contributed by atoms with Crippen LogP contribution in [0.25, 0.3) is 0 Å². The number of hydrogen-bond acceptors (Lipinski definition) is 0. The van der Waals surface area contributed by atoms with E-state index in [1.807, 2.05) is 0 Å². The van der Waals surface area contributed by atoms with E-state index in [9.17, 15) is 0 Å². The predicted octanol–water partition coefficient (Wildman–Crippen LogP) is 3.55. The van der Waals surface area contributed by atoms with Gasteiger partial charge >= 0.3 is 0 Å². The molecule has 0 aromatic rings. The van der Waals surface area contributed by atoms with Crippen LogP contribution in [-0.2, 0) is 0 Å². The van der Waals surface area contributed by atoms with Crippen LogP contribution >= 0.6 is 0 Å². The van der Waals surface area contributed by atoms with Gasteiger partial charge in [0.1, 0.15) is 0 Å². The monoisotopic (exact) mass is 174 g/mol. The molecular formula is C13H18. The highest BCUT2D eigenvalue weighted by atomic mass is 14.4. The van der Waals surface area contributed by atoms with Gasteiger partial charge in [-0.1, -0.05) is 24.3 Å². The van der Waals surface area contributed by atoms with Crippen molar-refractivity contribution >= 4 is 0 Å². The van der Waals surface area contributed by atoms with Gasteiger partial charge in [0.2, 0.25) is 0 Å². The molecule has 0 radical (unpaired) electrons. The van der Waals surface area contributed by atoms with Crippen LogP contribution in [0.5, 0.6) is 0 Å². The first-order chi connectivity index (χ1) is 6.43. The maximum atomic E-state index is 2.49. The van der Waals surface area contributed by atoms with Gasteiger partial charge in [-0.15, -0.1) is 0 Å². The van der Waals surface area contributed by atoms with Crippen LogP contribution in [0, 0.1) is 23.7 Å². The van der Waals surface area contributed by atoms with E-state index in [0.29, 0.717) is 0 Å². The Bertz CT molecular complexity index is 249. The lowest BCUT2D eigenvalue weighted by atomic mass is 9.66. The molecule has 0 heteroatoms. The van der Waals surface area contributed by atoms with Gasteiger partial charge < -0.3 is 0 Å². The average Bonchev–Trinajstić information content (AvgIpc) is 2.61. The Morgan fingerprint density at radius 3 is 2.23 bits per heavy atom. The lowest BCUT2D eigenvalue weighted by Crippen LogP contribution is -2.30. The SMILES string of the molecule is C1=CC2CC3CC=CCC3CC2C1. The van der Waals surface area contributed by atoms with Crippen molar-refractivity contribution in [3.8, 4) is 0 Å². The lowest BCUT2D eigenvalue weighted by Gasteiger charge is -2.39. The summed E-state index contributed by atoms with van der Waals surface area (Å²) in [5, 5.41) is 0. The molecule has 0 aromatic heterocycles. The third kappa shape index (κ3) is 1.27. The summed E-state index contributed by atoms with van der Waals surface area (Å²) in [7, 11) is 0. The number of allylic oxidation sites excluding steroid dienone is 4. The Hall–Kier alpha value is -0.520. The minimum Gasteiger partial charge on any atom is -0.0882 e. The Morgan fingerprint density at radius 1 is 0.692 bits per heavy atom. The molecule has 4 unspecified atom stereocenters. The molecule has 1 saturated carbocycles. The fourth-order valence-electron chi connectivity index (χ4n) is 3.54. The molecule has 13 heavy (non-hydrogen) atoms. The largest absolute Gasteiger partial charge is 0.0882 e. The molecular weight excluding hydrogens is 156 g/mol. The first-order valence-electron chi connectivity index (χ1n) is 5.75. The first kappa shape index (κ1) is 7.84. The zero-order valence-corrected chi connectivity index (χ0v) is 8.15. The molecule has 0 saturated heterocycles. The van der Waals surface area contributed by atoms with Crippen molar-refractivity contribution < 1.29 is 0 Å². The standard InChI is InChI=1S/C13H18/c1-2-5-11-9-13-7-3-6-12(13)8-10(11)4-1/h1-3,6,10-13H,4-5,7-9H2. The van der Waals surface area contributed by atoms with Crippen LogP contribution in [0.1, 0.15) is 32.1 Å². The van der Waals surface area contributed by atoms with Crippen LogP contribution in [0.4, 0.5) is 0 Å². The van der Waals surface area contributed by atoms with Crippen LogP contribution in [0.2, 0.25) is 0 Å². The number of fused-ring (bicyclic) bond motifs is 2. The molecule has 70 valence electrons. The molecule has 1 fully saturated rings. The molecule has 0 N–H and O–H groups in total. The highest BCUT2D eigenvalue weighted by Gasteiger charge is 2.36. The second-order valence-electron chi connectivity index (χ2n) is 5.02. The van der Waals surface area contributed by atoms with Crippen molar-refractivity contribution in [2.24, 2.45) is 23.7 Å². The Labute approximate surface area is 80.7 Å². The van der Waals surface area contributed by atoms with Gasteiger partial charge in [0.05, 0.1) is 0 Å². The zero-order chi connectivity index (χ0) is 8.67. The highest BCUT2D eigenvalue weighted by Crippen LogP contribution is 2.47. The Morgan fingerprint density at radius 2 is 1.38 bits per heavy atom. The number of hydrogen-bond donors (Lipinski definition) is 0. The van der Waals surface area contributed by atoms with Gasteiger partial charge in [0, 0.05) is 0 Å². The second-order valence-corrected chi connectivity index (χ2v) is 5.02. The molecule has 0 aromatic carbocycles. The van der Waals surface area contributed by atoms with E-state index in [1.54, 1.807) is 0 Å². The third-order valence-electron chi connectivity index (χ3n) is 4.32. The molecule has 4 atom stereocenters. The minimum absolute atomic E-state index is 0.952. The topological polar surface area (TPSA) is 0 Å². The normalized spacial score (nSPS) is 47.4. The van der Waals surface area contributed by atoms with Crippen LogP contribution in [0.15, 0.2) is 24.3 Å². The summed E-state index contributed by atoms with van der Waals surface area (Å²) in [6, 6.07) is 0. The lowest BCUT2D eigenvalue weighted by molar-refractivity contribution is 0.144. The predicted molar refractivity (Wildman–Crippen MR) is 55.3 cm³/mol. The molecule has 0 spiro atoms. The molecule has 0 aliphatic heterocycles. The van der Waals surface area contributed by atoms with Crippen molar-refractivity contribution in [2.45, 2.75) is 32.1 Å². The van der Waals surface area contributed by atoms with E-state index in [-0.39, 0.29) is 0 Å². The van der Waals surface area contributed by atoms with E-state index in [2.05, 4.69) is 24.3 Å². The van der Waals surface area contributed by atoms with Crippen molar-refractivity contribution in [3.63, 3.8) is 0 Å². The molecule has 3 aliphatic rings. The molecule has 3 rings (SSSR count). The number of rotatable bonds is 0. The summed E-state index contributed by atoms with van der Waals surface area (Å²) >= 11 is 0. The second kappa shape index (κ2) is 3.01. The van der Waals surface area contributed by atoms with Crippen molar-refractivity contribution in [2.75, 3.05) is 0 Å². The molecule has 0 heterocycles. The molecule has 0 bridgehead atoms.